The van der Waals surface area contributed by atoms with Crippen LogP contribution in [0.15, 0.2) is 66.7 Å². The zero-order valence-electron chi connectivity index (χ0n) is 15.6. The van der Waals surface area contributed by atoms with Crippen LogP contribution in [0.25, 0.3) is 11.1 Å². The van der Waals surface area contributed by atoms with Gasteiger partial charge in [-0.15, -0.1) is 0 Å². The molecule has 0 radical (unpaired) electrons. The van der Waals surface area contributed by atoms with Crippen LogP contribution in [-0.2, 0) is 6.54 Å². The number of hydrogen-bond acceptors (Lipinski definition) is 1. The Morgan fingerprint density at radius 3 is 2.20 bits per heavy atom. The van der Waals surface area contributed by atoms with Crippen LogP contribution < -0.4 is 5.32 Å². The van der Waals surface area contributed by atoms with Gasteiger partial charge in [0.1, 0.15) is 0 Å². The molecule has 128 valence electrons. The van der Waals surface area contributed by atoms with Crippen LogP contribution in [0.2, 0.25) is 0 Å². The van der Waals surface area contributed by atoms with Gasteiger partial charge in [-0.3, -0.25) is 0 Å². The molecule has 0 aliphatic carbocycles. The second kappa shape index (κ2) is 7.67. The Balaban J connectivity index is 1.71. The van der Waals surface area contributed by atoms with Crippen molar-refractivity contribution in [1.82, 2.24) is 5.32 Å². The molecule has 3 aromatic rings. The minimum Gasteiger partial charge on any atom is -0.306 e. The summed E-state index contributed by atoms with van der Waals surface area (Å²) in [6.45, 7) is 9.55. The SMILES string of the molecule is Cc1ccc(C(C)NCc2cccc(-c3ccc(C)c(C)c3)c2)cc1. The van der Waals surface area contributed by atoms with Crippen molar-refractivity contribution < 1.29 is 0 Å². The van der Waals surface area contributed by atoms with Gasteiger partial charge in [-0.1, -0.05) is 66.2 Å². The highest BCUT2D eigenvalue weighted by Gasteiger charge is 2.06. The van der Waals surface area contributed by atoms with Gasteiger partial charge in [-0.05, 0) is 67.1 Å². The molecule has 0 fully saturated rings. The van der Waals surface area contributed by atoms with Gasteiger partial charge >= 0.3 is 0 Å². The predicted molar refractivity (Wildman–Crippen MR) is 108 cm³/mol. The number of benzene rings is 3. The first-order valence-electron chi connectivity index (χ1n) is 8.99. The standard InChI is InChI=1S/C24H27N/c1-17-8-11-22(12-9-17)20(4)25-16-21-6-5-7-23(15-21)24-13-10-18(2)19(3)14-24/h5-15,20,25H,16H2,1-4H3. The molecule has 0 amide bonds. The lowest BCUT2D eigenvalue weighted by atomic mass is 9.99. The fourth-order valence-electron chi connectivity index (χ4n) is 3.03. The quantitative estimate of drug-likeness (QED) is 0.593. The summed E-state index contributed by atoms with van der Waals surface area (Å²) in [5.41, 5.74) is 9.20. The van der Waals surface area contributed by atoms with Crippen molar-refractivity contribution in [3.05, 3.63) is 94.5 Å². The van der Waals surface area contributed by atoms with E-state index in [1.54, 1.807) is 0 Å². The summed E-state index contributed by atoms with van der Waals surface area (Å²) in [6, 6.07) is 24.6. The van der Waals surface area contributed by atoms with Crippen molar-refractivity contribution in [2.45, 2.75) is 40.3 Å². The molecule has 1 unspecified atom stereocenters. The Morgan fingerprint density at radius 1 is 0.760 bits per heavy atom. The first-order valence-corrected chi connectivity index (χ1v) is 8.99. The molecule has 0 heterocycles. The van der Waals surface area contributed by atoms with Crippen molar-refractivity contribution in [3.63, 3.8) is 0 Å². The van der Waals surface area contributed by atoms with E-state index in [9.17, 15) is 0 Å². The third-order valence-electron chi connectivity index (χ3n) is 4.96. The Bertz CT molecular complexity index is 846. The first-order chi connectivity index (χ1) is 12.0. The summed E-state index contributed by atoms with van der Waals surface area (Å²) in [6.07, 6.45) is 0. The van der Waals surface area contributed by atoms with Crippen LogP contribution in [0, 0.1) is 20.8 Å². The van der Waals surface area contributed by atoms with E-state index in [1.807, 2.05) is 0 Å². The van der Waals surface area contributed by atoms with Crippen molar-refractivity contribution >= 4 is 0 Å². The minimum absolute atomic E-state index is 0.339. The van der Waals surface area contributed by atoms with Gasteiger partial charge in [0.05, 0.1) is 0 Å². The van der Waals surface area contributed by atoms with Crippen LogP contribution in [0.5, 0.6) is 0 Å². The van der Waals surface area contributed by atoms with E-state index >= 15 is 0 Å². The summed E-state index contributed by atoms with van der Waals surface area (Å²) < 4.78 is 0. The fourth-order valence-corrected chi connectivity index (χ4v) is 3.03. The molecule has 1 atom stereocenters. The molecule has 3 aromatic carbocycles. The van der Waals surface area contributed by atoms with E-state index in [-0.39, 0.29) is 0 Å². The zero-order chi connectivity index (χ0) is 17.8. The van der Waals surface area contributed by atoms with Crippen LogP contribution in [0.4, 0.5) is 0 Å². The van der Waals surface area contributed by atoms with Gasteiger partial charge in [0.2, 0.25) is 0 Å². The molecule has 1 N–H and O–H groups in total. The maximum atomic E-state index is 3.63. The van der Waals surface area contributed by atoms with E-state index in [1.165, 1.54) is 38.9 Å². The number of nitrogens with one attached hydrogen (secondary N) is 1. The Hall–Kier alpha value is -2.38. The predicted octanol–water partition coefficient (Wildman–Crippen LogP) is 6.13. The Labute approximate surface area is 151 Å². The van der Waals surface area contributed by atoms with Gasteiger partial charge in [-0.2, -0.15) is 0 Å². The summed E-state index contributed by atoms with van der Waals surface area (Å²) in [4.78, 5) is 0. The second-order valence-corrected chi connectivity index (χ2v) is 7.01. The van der Waals surface area contributed by atoms with E-state index in [0.717, 1.165) is 6.54 Å². The summed E-state index contributed by atoms with van der Waals surface area (Å²) >= 11 is 0. The largest absolute Gasteiger partial charge is 0.306 e. The van der Waals surface area contributed by atoms with Crippen molar-refractivity contribution in [2.75, 3.05) is 0 Å². The van der Waals surface area contributed by atoms with Crippen LogP contribution in [0.3, 0.4) is 0 Å². The van der Waals surface area contributed by atoms with E-state index in [4.69, 9.17) is 0 Å². The van der Waals surface area contributed by atoms with Crippen LogP contribution >= 0.6 is 0 Å². The summed E-state index contributed by atoms with van der Waals surface area (Å²) in [5, 5.41) is 3.63. The lowest BCUT2D eigenvalue weighted by molar-refractivity contribution is 0.575. The average Bonchev–Trinajstić information content (AvgIpc) is 2.63. The molecule has 0 bridgehead atoms. The maximum absolute atomic E-state index is 3.63. The maximum Gasteiger partial charge on any atom is 0.0294 e. The highest BCUT2D eigenvalue weighted by atomic mass is 14.9. The highest BCUT2D eigenvalue weighted by molar-refractivity contribution is 5.65. The normalized spacial score (nSPS) is 12.2. The number of rotatable bonds is 5. The molecular formula is C24H27N. The van der Waals surface area contributed by atoms with Gasteiger partial charge in [0, 0.05) is 12.6 Å². The second-order valence-electron chi connectivity index (χ2n) is 7.01. The third kappa shape index (κ3) is 4.37. The lowest BCUT2D eigenvalue weighted by Gasteiger charge is -2.15. The molecule has 1 nitrogen and oxygen atoms in total. The molecule has 25 heavy (non-hydrogen) atoms. The fraction of sp³-hybridized carbons (Fsp3) is 0.250. The molecule has 0 saturated heterocycles. The van der Waals surface area contributed by atoms with E-state index < -0.39 is 0 Å². The van der Waals surface area contributed by atoms with E-state index in [2.05, 4.69) is 99.7 Å². The van der Waals surface area contributed by atoms with Gasteiger partial charge in [0.25, 0.3) is 0 Å². The summed E-state index contributed by atoms with van der Waals surface area (Å²) in [7, 11) is 0. The van der Waals surface area contributed by atoms with Crippen LogP contribution in [-0.4, -0.2) is 0 Å². The average molecular weight is 329 g/mol. The van der Waals surface area contributed by atoms with Gasteiger partial charge in [0.15, 0.2) is 0 Å². The van der Waals surface area contributed by atoms with Gasteiger partial charge in [-0.25, -0.2) is 0 Å². The topological polar surface area (TPSA) is 12.0 Å². The third-order valence-corrected chi connectivity index (χ3v) is 4.96. The molecule has 3 rings (SSSR count). The smallest absolute Gasteiger partial charge is 0.0294 e. The van der Waals surface area contributed by atoms with Crippen molar-refractivity contribution in [1.29, 1.82) is 0 Å². The minimum atomic E-state index is 0.339. The molecule has 0 aliphatic heterocycles. The van der Waals surface area contributed by atoms with Crippen molar-refractivity contribution in [3.8, 4) is 11.1 Å². The number of aryl methyl sites for hydroxylation is 3. The van der Waals surface area contributed by atoms with Gasteiger partial charge < -0.3 is 5.32 Å². The lowest BCUT2D eigenvalue weighted by Crippen LogP contribution is -2.18. The molecule has 0 aliphatic rings. The first kappa shape index (κ1) is 17.4. The zero-order valence-corrected chi connectivity index (χ0v) is 15.6. The molecule has 0 aromatic heterocycles. The highest BCUT2D eigenvalue weighted by Crippen LogP contribution is 2.23. The molecular weight excluding hydrogens is 302 g/mol. The monoisotopic (exact) mass is 329 g/mol. The number of hydrogen-bond donors (Lipinski definition) is 1. The van der Waals surface area contributed by atoms with E-state index in [0.29, 0.717) is 6.04 Å². The molecule has 0 saturated carbocycles. The summed E-state index contributed by atoms with van der Waals surface area (Å²) in [5.74, 6) is 0. The Morgan fingerprint density at radius 2 is 1.48 bits per heavy atom. The molecule has 1 heteroatoms. The van der Waals surface area contributed by atoms with Crippen molar-refractivity contribution in [2.24, 2.45) is 0 Å². The molecule has 0 spiro atoms. The van der Waals surface area contributed by atoms with Crippen LogP contribution in [0.1, 0.15) is 40.8 Å². The Kier molecular flexibility index (Phi) is 5.35.